The standard InChI is InChI=1S/C16H22N2O5/c1-10(18-12(3)19)16(21)23-11(2)15(20)17-9-13-5-7-14(22-4)8-6-13/h5-8,10-11H,9H2,1-4H3,(H,17,20)(H,18,19)/t10-,11-/m1/s1. The second kappa shape index (κ2) is 8.77. The molecule has 0 saturated heterocycles. The van der Waals surface area contributed by atoms with E-state index in [1.54, 1.807) is 19.2 Å². The highest BCUT2D eigenvalue weighted by Crippen LogP contribution is 2.11. The van der Waals surface area contributed by atoms with E-state index < -0.39 is 24.0 Å². The van der Waals surface area contributed by atoms with Crippen molar-refractivity contribution in [3.05, 3.63) is 29.8 Å². The van der Waals surface area contributed by atoms with Crippen LogP contribution < -0.4 is 15.4 Å². The first-order valence-electron chi connectivity index (χ1n) is 7.21. The van der Waals surface area contributed by atoms with Crippen LogP contribution in [-0.2, 0) is 25.7 Å². The molecular weight excluding hydrogens is 300 g/mol. The van der Waals surface area contributed by atoms with Gasteiger partial charge in [-0.3, -0.25) is 9.59 Å². The Morgan fingerprint density at radius 3 is 2.26 bits per heavy atom. The number of methoxy groups -OCH3 is 1. The number of carbonyl (C=O) groups excluding carboxylic acids is 3. The second-order valence-electron chi connectivity index (χ2n) is 5.07. The largest absolute Gasteiger partial charge is 0.497 e. The highest BCUT2D eigenvalue weighted by molar-refractivity contribution is 5.86. The minimum absolute atomic E-state index is 0.311. The third-order valence-corrected chi connectivity index (χ3v) is 3.06. The van der Waals surface area contributed by atoms with Gasteiger partial charge in [0.05, 0.1) is 7.11 Å². The predicted molar refractivity (Wildman–Crippen MR) is 83.7 cm³/mol. The zero-order valence-electron chi connectivity index (χ0n) is 13.7. The topological polar surface area (TPSA) is 93.7 Å². The lowest BCUT2D eigenvalue weighted by molar-refractivity contribution is -0.157. The Kier molecular flexibility index (Phi) is 7.05. The van der Waals surface area contributed by atoms with Gasteiger partial charge in [0.25, 0.3) is 5.91 Å². The third-order valence-electron chi connectivity index (χ3n) is 3.06. The minimum Gasteiger partial charge on any atom is -0.497 e. The normalized spacial score (nSPS) is 12.7. The molecule has 7 heteroatoms. The fraction of sp³-hybridized carbons (Fsp3) is 0.438. The van der Waals surface area contributed by atoms with E-state index in [2.05, 4.69) is 10.6 Å². The number of benzene rings is 1. The zero-order chi connectivity index (χ0) is 17.4. The maximum atomic E-state index is 11.9. The summed E-state index contributed by atoms with van der Waals surface area (Å²) >= 11 is 0. The zero-order valence-corrected chi connectivity index (χ0v) is 13.7. The van der Waals surface area contributed by atoms with Crippen LogP contribution in [0.3, 0.4) is 0 Å². The molecule has 0 saturated carbocycles. The smallest absolute Gasteiger partial charge is 0.329 e. The lowest BCUT2D eigenvalue weighted by Crippen LogP contribution is -2.42. The van der Waals surface area contributed by atoms with Crippen LogP contribution in [0.25, 0.3) is 0 Å². The van der Waals surface area contributed by atoms with E-state index in [9.17, 15) is 14.4 Å². The molecule has 0 aliphatic carbocycles. The van der Waals surface area contributed by atoms with Crippen LogP contribution in [0.2, 0.25) is 0 Å². The average Bonchev–Trinajstić information content (AvgIpc) is 2.52. The van der Waals surface area contributed by atoms with Crippen LogP contribution in [0.15, 0.2) is 24.3 Å². The SMILES string of the molecule is COc1ccc(CNC(=O)[C@@H](C)OC(=O)[C@@H](C)NC(C)=O)cc1. The van der Waals surface area contributed by atoms with Crippen LogP contribution in [0.1, 0.15) is 26.3 Å². The van der Waals surface area contributed by atoms with Crippen molar-refractivity contribution in [1.82, 2.24) is 10.6 Å². The first kappa shape index (κ1) is 18.5. The Balaban J connectivity index is 2.43. The van der Waals surface area contributed by atoms with E-state index in [0.29, 0.717) is 6.54 Å². The monoisotopic (exact) mass is 322 g/mol. The second-order valence-corrected chi connectivity index (χ2v) is 5.07. The molecule has 0 radical (unpaired) electrons. The first-order chi connectivity index (χ1) is 10.8. The molecule has 0 fully saturated rings. The molecule has 0 spiro atoms. The van der Waals surface area contributed by atoms with Crippen molar-refractivity contribution in [3.8, 4) is 5.75 Å². The van der Waals surface area contributed by atoms with Gasteiger partial charge in [-0.25, -0.2) is 4.79 Å². The maximum absolute atomic E-state index is 11.9. The summed E-state index contributed by atoms with van der Waals surface area (Å²) in [6, 6.07) is 6.44. The van der Waals surface area contributed by atoms with Crippen molar-refractivity contribution in [2.45, 2.75) is 39.5 Å². The average molecular weight is 322 g/mol. The van der Waals surface area contributed by atoms with Gasteiger partial charge in [-0.05, 0) is 31.5 Å². The molecule has 1 aromatic rings. The Morgan fingerprint density at radius 2 is 1.74 bits per heavy atom. The van der Waals surface area contributed by atoms with E-state index in [-0.39, 0.29) is 5.91 Å². The summed E-state index contributed by atoms with van der Waals surface area (Å²) in [6.45, 7) is 4.58. The van der Waals surface area contributed by atoms with Gasteiger partial charge < -0.3 is 20.1 Å². The van der Waals surface area contributed by atoms with Crippen molar-refractivity contribution in [2.75, 3.05) is 7.11 Å². The van der Waals surface area contributed by atoms with E-state index in [1.165, 1.54) is 20.8 Å². The molecule has 0 bridgehead atoms. The van der Waals surface area contributed by atoms with E-state index >= 15 is 0 Å². The van der Waals surface area contributed by atoms with Crippen LogP contribution in [-0.4, -0.2) is 37.0 Å². The molecular formula is C16H22N2O5. The number of hydrogen-bond acceptors (Lipinski definition) is 5. The summed E-state index contributed by atoms with van der Waals surface area (Å²) in [5, 5.41) is 5.08. The highest BCUT2D eigenvalue weighted by atomic mass is 16.5. The van der Waals surface area contributed by atoms with Gasteiger partial charge in [0.2, 0.25) is 5.91 Å². The van der Waals surface area contributed by atoms with Crippen LogP contribution in [0, 0.1) is 0 Å². The molecule has 0 heterocycles. The van der Waals surface area contributed by atoms with Crippen molar-refractivity contribution >= 4 is 17.8 Å². The molecule has 23 heavy (non-hydrogen) atoms. The summed E-state index contributed by atoms with van der Waals surface area (Å²) in [7, 11) is 1.58. The van der Waals surface area contributed by atoms with Gasteiger partial charge in [0.15, 0.2) is 6.10 Å². The van der Waals surface area contributed by atoms with Gasteiger partial charge in [0.1, 0.15) is 11.8 Å². The molecule has 0 aliphatic heterocycles. The molecule has 1 rings (SSSR count). The number of nitrogens with one attached hydrogen (secondary N) is 2. The molecule has 0 aliphatic rings. The van der Waals surface area contributed by atoms with E-state index in [4.69, 9.17) is 9.47 Å². The quantitative estimate of drug-likeness (QED) is 0.723. The summed E-state index contributed by atoms with van der Waals surface area (Å²) in [5.74, 6) is -0.683. The van der Waals surface area contributed by atoms with Gasteiger partial charge in [-0.15, -0.1) is 0 Å². The van der Waals surface area contributed by atoms with Crippen molar-refractivity contribution in [1.29, 1.82) is 0 Å². The third kappa shape index (κ3) is 6.37. The van der Waals surface area contributed by atoms with Crippen molar-refractivity contribution < 1.29 is 23.9 Å². The highest BCUT2D eigenvalue weighted by Gasteiger charge is 2.22. The lowest BCUT2D eigenvalue weighted by Gasteiger charge is -2.17. The van der Waals surface area contributed by atoms with Crippen LogP contribution >= 0.6 is 0 Å². The number of carbonyl (C=O) groups is 3. The van der Waals surface area contributed by atoms with Gasteiger partial charge in [-0.1, -0.05) is 12.1 Å². The summed E-state index contributed by atoms with van der Waals surface area (Å²) in [5.41, 5.74) is 0.893. The van der Waals surface area contributed by atoms with Crippen molar-refractivity contribution in [2.24, 2.45) is 0 Å². The Morgan fingerprint density at radius 1 is 1.13 bits per heavy atom. The van der Waals surface area contributed by atoms with Crippen molar-refractivity contribution in [3.63, 3.8) is 0 Å². The summed E-state index contributed by atoms with van der Waals surface area (Å²) < 4.78 is 10.1. The molecule has 1 aromatic carbocycles. The van der Waals surface area contributed by atoms with Gasteiger partial charge >= 0.3 is 5.97 Å². The number of esters is 1. The summed E-state index contributed by atoms with van der Waals surface area (Å²) in [6.07, 6.45) is -0.947. The molecule has 126 valence electrons. The molecule has 2 atom stereocenters. The van der Waals surface area contributed by atoms with Gasteiger partial charge in [-0.2, -0.15) is 0 Å². The predicted octanol–water partition coefficient (Wildman–Crippen LogP) is 0.768. The first-order valence-corrected chi connectivity index (χ1v) is 7.21. The number of rotatable bonds is 7. The Hall–Kier alpha value is -2.57. The molecule has 2 N–H and O–H groups in total. The van der Waals surface area contributed by atoms with Crippen LogP contribution in [0.5, 0.6) is 5.75 Å². The van der Waals surface area contributed by atoms with E-state index in [0.717, 1.165) is 11.3 Å². The molecule has 7 nitrogen and oxygen atoms in total. The lowest BCUT2D eigenvalue weighted by atomic mass is 10.2. The maximum Gasteiger partial charge on any atom is 0.329 e. The Labute approximate surface area is 135 Å². The fourth-order valence-corrected chi connectivity index (χ4v) is 1.77. The number of amides is 2. The number of hydrogen-bond donors (Lipinski definition) is 2. The van der Waals surface area contributed by atoms with Gasteiger partial charge in [0, 0.05) is 13.5 Å². The Bertz CT molecular complexity index is 556. The molecule has 0 unspecified atom stereocenters. The summed E-state index contributed by atoms with van der Waals surface area (Å²) in [4.78, 5) is 34.5. The van der Waals surface area contributed by atoms with E-state index in [1.807, 2.05) is 12.1 Å². The molecule has 0 aromatic heterocycles. The fourth-order valence-electron chi connectivity index (χ4n) is 1.77. The number of ether oxygens (including phenoxy) is 2. The van der Waals surface area contributed by atoms with Crippen LogP contribution in [0.4, 0.5) is 0 Å². The molecule has 2 amide bonds. The minimum atomic E-state index is -0.947.